The lowest BCUT2D eigenvalue weighted by Gasteiger charge is -2.26. The van der Waals surface area contributed by atoms with Gasteiger partial charge in [-0.2, -0.15) is 4.57 Å². The molecule has 2 nitrogen and oxygen atoms in total. The van der Waals surface area contributed by atoms with Crippen molar-refractivity contribution >= 4 is 29.2 Å². The Morgan fingerprint density at radius 3 is 1.74 bits per heavy atom. The zero-order valence-corrected chi connectivity index (χ0v) is 22.8. The van der Waals surface area contributed by atoms with Crippen molar-refractivity contribution in [2.45, 2.75) is 26.8 Å². The highest BCUT2D eigenvalue weighted by atomic mass is 15.1. The van der Waals surface area contributed by atoms with Crippen molar-refractivity contribution in [3.05, 3.63) is 145 Å². The summed E-state index contributed by atoms with van der Waals surface area (Å²) in [6.07, 6.45) is 7.02. The molecule has 0 aliphatic rings. The Kier molecular flexibility index (Phi) is 7.84. The van der Waals surface area contributed by atoms with E-state index in [1.54, 1.807) is 0 Å². The SMILES string of the molecule is C=Cc1ccc(N(c2ccc(C=C)cc2)c2ccc(-c3ccc(C)c(-c4cccc[n+]4CCC)c3)cc2)cc1. The number of anilines is 3. The fourth-order valence-electron chi connectivity index (χ4n) is 5.00. The lowest BCUT2D eigenvalue weighted by atomic mass is 9.97. The Hall–Kier alpha value is -4.69. The summed E-state index contributed by atoms with van der Waals surface area (Å²) in [7, 11) is 0. The van der Waals surface area contributed by atoms with Crippen LogP contribution in [0.5, 0.6) is 0 Å². The molecule has 0 spiro atoms. The molecule has 5 aromatic rings. The van der Waals surface area contributed by atoms with Crippen LogP contribution in [0.4, 0.5) is 17.1 Å². The molecule has 4 aromatic carbocycles. The summed E-state index contributed by atoms with van der Waals surface area (Å²) in [5.74, 6) is 0. The van der Waals surface area contributed by atoms with Gasteiger partial charge in [-0.25, -0.2) is 0 Å². The maximum atomic E-state index is 3.90. The van der Waals surface area contributed by atoms with E-state index in [4.69, 9.17) is 0 Å². The first-order valence-corrected chi connectivity index (χ1v) is 13.6. The van der Waals surface area contributed by atoms with Gasteiger partial charge in [-0.3, -0.25) is 0 Å². The monoisotopic (exact) mass is 507 g/mol. The summed E-state index contributed by atoms with van der Waals surface area (Å²) >= 11 is 0. The molecule has 0 atom stereocenters. The summed E-state index contributed by atoms with van der Waals surface area (Å²) in [6.45, 7) is 13.2. The van der Waals surface area contributed by atoms with Gasteiger partial charge in [0.25, 0.3) is 0 Å². The van der Waals surface area contributed by atoms with E-state index in [1.807, 2.05) is 12.2 Å². The average Bonchev–Trinajstić information content (AvgIpc) is 2.99. The van der Waals surface area contributed by atoms with Crippen molar-refractivity contribution in [1.29, 1.82) is 0 Å². The van der Waals surface area contributed by atoms with E-state index in [1.165, 1.54) is 27.9 Å². The van der Waals surface area contributed by atoms with Gasteiger partial charge in [0, 0.05) is 41.2 Å². The van der Waals surface area contributed by atoms with E-state index in [0.717, 1.165) is 41.2 Å². The molecule has 0 unspecified atom stereocenters. The van der Waals surface area contributed by atoms with Crippen LogP contribution in [0.3, 0.4) is 0 Å². The quantitative estimate of drug-likeness (QED) is 0.180. The molecule has 39 heavy (non-hydrogen) atoms. The molecular weight excluding hydrogens is 472 g/mol. The Morgan fingerprint density at radius 1 is 0.667 bits per heavy atom. The topological polar surface area (TPSA) is 7.12 Å². The van der Waals surface area contributed by atoms with Gasteiger partial charge in [-0.15, -0.1) is 0 Å². The van der Waals surface area contributed by atoms with Crippen LogP contribution in [0.1, 0.15) is 30.0 Å². The van der Waals surface area contributed by atoms with Crippen molar-refractivity contribution < 1.29 is 4.57 Å². The number of aromatic nitrogens is 1. The van der Waals surface area contributed by atoms with Gasteiger partial charge in [-0.1, -0.05) is 80.8 Å². The number of hydrogen-bond acceptors (Lipinski definition) is 1. The van der Waals surface area contributed by atoms with Crippen LogP contribution in [0.25, 0.3) is 34.5 Å². The molecule has 0 aliphatic heterocycles. The highest BCUT2D eigenvalue weighted by molar-refractivity contribution is 5.80. The minimum Gasteiger partial charge on any atom is -0.311 e. The molecule has 1 aromatic heterocycles. The number of pyridine rings is 1. The summed E-state index contributed by atoms with van der Waals surface area (Å²) in [4.78, 5) is 2.28. The van der Waals surface area contributed by atoms with Gasteiger partial charge in [0.1, 0.15) is 6.54 Å². The number of rotatable bonds is 9. The average molecular weight is 508 g/mol. The van der Waals surface area contributed by atoms with E-state index in [2.05, 4.69) is 152 Å². The van der Waals surface area contributed by atoms with E-state index >= 15 is 0 Å². The first-order valence-electron chi connectivity index (χ1n) is 13.6. The Morgan fingerprint density at radius 2 is 1.21 bits per heavy atom. The first-order chi connectivity index (χ1) is 19.1. The number of aryl methyl sites for hydroxylation is 2. The predicted molar refractivity (Wildman–Crippen MR) is 167 cm³/mol. The number of nitrogens with zero attached hydrogens (tertiary/aromatic N) is 2. The molecule has 5 rings (SSSR count). The second-order valence-electron chi connectivity index (χ2n) is 9.78. The summed E-state index contributed by atoms with van der Waals surface area (Å²) in [5.41, 5.74) is 11.7. The van der Waals surface area contributed by atoms with Gasteiger partial charge in [0.05, 0.1) is 0 Å². The zero-order valence-electron chi connectivity index (χ0n) is 22.8. The highest BCUT2D eigenvalue weighted by Gasteiger charge is 2.16. The van der Waals surface area contributed by atoms with E-state index < -0.39 is 0 Å². The second-order valence-corrected chi connectivity index (χ2v) is 9.78. The third-order valence-corrected chi connectivity index (χ3v) is 7.15. The molecule has 0 radical (unpaired) electrons. The smallest absolute Gasteiger partial charge is 0.212 e. The van der Waals surface area contributed by atoms with Gasteiger partial charge in [0.15, 0.2) is 6.20 Å². The van der Waals surface area contributed by atoms with Crippen LogP contribution in [0.15, 0.2) is 129 Å². The minimum atomic E-state index is 1.01. The van der Waals surface area contributed by atoms with Crippen LogP contribution < -0.4 is 9.47 Å². The summed E-state index contributed by atoms with van der Waals surface area (Å²) in [5, 5.41) is 0. The molecule has 0 saturated heterocycles. The van der Waals surface area contributed by atoms with Crippen LogP contribution in [-0.4, -0.2) is 0 Å². The third-order valence-electron chi connectivity index (χ3n) is 7.15. The maximum absolute atomic E-state index is 3.90. The molecule has 0 fully saturated rings. The van der Waals surface area contributed by atoms with E-state index in [-0.39, 0.29) is 0 Å². The Balaban J connectivity index is 1.53. The van der Waals surface area contributed by atoms with Crippen LogP contribution >= 0.6 is 0 Å². The largest absolute Gasteiger partial charge is 0.311 e. The van der Waals surface area contributed by atoms with Crippen LogP contribution in [0, 0.1) is 6.92 Å². The molecule has 0 saturated carbocycles. The second kappa shape index (κ2) is 11.8. The van der Waals surface area contributed by atoms with Crippen molar-refractivity contribution in [3.63, 3.8) is 0 Å². The van der Waals surface area contributed by atoms with E-state index in [9.17, 15) is 0 Å². The van der Waals surface area contributed by atoms with Crippen molar-refractivity contribution in [3.8, 4) is 22.4 Å². The predicted octanol–water partition coefficient (Wildman–Crippen LogP) is 9.78. The fraction of sp³-hybridized carbons (Fsp3) is 0.108. The molecule has 0 bridgehead atoms. The lowest BCUT2D eigenvalue weighted by Crippen LogP contribution is -2.35. The van der Waals surface area contributed by atoms with Crippen molar-refractivity contribution in [2.24, 2.45) is 0 Å². The van der Waals surface area contributed by atoms with Crippen molar-refractivity contribution in [1.82, 2.24) is 0 Å². The normalized spacial score (nSPS) is 10.7. The Labute approximate surface area is 232 Å². The van der Waals surface area contributed by atoms with Crippen LogP contribution in [0.2, 0.25) is 0 Å². The first kappa shape index (κ1) is 25.9. The zero-order chi connectivity index (χ0) is 27.2. The molecular formula is C37H35N2+. The van der Waals surface area contributed by atoms with E-state index in [0.29, 0.717) is 0 Å². The van der Waals surface area contributed by atoms with Gasteiger partial charge >= 0.3 is 0 Å². The Bertz CT molecular complexity index is 1530. The van der Waals surface area contributed by atoms with Gasteiger partial charge in [0.2, 0.25) is 5.69 Å². The third kappa shape index (κ3) is 5.61. The van der Waals surface area contributed by atoms with Gasteiger partial charge in [-0.05, 0) is 83.3 Å². The molecule has 0 aliphatic carbocycles. The minimum absolute atomic E-state index is 1.01. The number of benzene rings is 4. The molecule has 2 heteroatoms. The summed E-state index contributed by atoms with van der Waals surface area (Å²) in [6, 6.07) is 39.1. The fourth-order valence-corrected chi connectivity index (χ4v) is 5.00. The maximum Gasteiger partial charge on any atom is 0.212 e. The molecule has 0 amide bonds. The van der Waals surface area contributed by atoms with Gasteiger partial charge < -0.3 is 4.90 Å². The standard InChI is InChI=1S/C37H35N2/c1-5-25-38-26-9-8-10-37(38)36-27-32(16-11-28(36)4)31-17-23-35(24-18-31)39(33-19-12-29(6-2)13-20-33)34-21-14-30(7-3)15-22-34/h6-24,26-27H,2-3,5,25H2,1,4H3/q+1. The highest BCUT2D eigenvalue weighted by Crippen LogP contribution is 2.36. The summed E-state index contributed by atoms with van der Waals surface area (Å²) < 4.78 is 2.35. The lowest BCUT2D eigenvalue weighted by molar-refractivity contribution is -0.686. The van der Waals surface area contributed by atoms with Crippen LogP contribution in [-0.2, 0) is 6.54 Å². The molecule has 0 N–H and O–H groups in total. The van der Waals surface area contributed by atoms with Crippen molar-refractivity contribution in [2.75, 3.05) is 4.90 Å². The molecule has 1 heterocycles. The number of hydrogen-bond donors (Lipinski definition) is 0. The molecule has 192 valence electrons.